The molecular weight excluding hydrogens is 186 g/mol. The van der Waals surface area contributed by atoms with E-state index in [2.05, 4.69) is 23.9 Å². The molecule has 0 radical (unpaired) electrons. The minimum absolute atomic E-state index is 0.684. The SMILES string of the molecule is C=C(C)C/C(CCc1ccccc1)=N\O. The number of oxime groups is 1. The Kier molecular flexibility index (Phi) is 4.61. The number of aryl methyl sites for hydroxylation is 1. The topological polar surface area (TPSA) is 32.6 Å². The lowest BCUT2D eigenvalue weighted by Crippen LogP contribution is -2.01. The summed E-state index contributed by atoms with van der Waals surface area (Å²) < 4.78 is 0. The molecule has 1 rings (SSSR count). The molecule has 0 saturated carbocycles. The maximum absolute atomic E-state index is 8.80. The first kappa shape index (κ1) is 11.5. The third kappa shape index (κ3) is 4.45. The van der Waals surface area contributed by atoms with Gasteiger partial charge in [-0.05, 0) is 25.3 Å². The lowest BCUT2D eigenvalue weighted by Gasteiger charge is -2.04. The summed E-state index contributed by atoms with van der Waals surface area (Å²) in [7, 11) is 0. The van der Waals surface area contributed by atoms with E-state index < -0.39 is 0 Å². The van der Waals surface area contributed by atoms with Crippen molar-refractivity contribution in [1.29, 1.82) is 0 Å². The van der Waals surface area contributed by atoms with Crippen LogP contribution >= 0.6 is 0 Å². The molecule has 0 saturated heterocycles. The van der Waals surface area contributed by atoms with Crippen molar-refractivity contribution in [3.05, 3.63) is 48.0 Å². The van der Waals surface area contributed by atoms with Crippen LogP contribution in [0, 0.1) is 0 Å². The molecule has 0 aliphatic rings. The van der Waals surface area contributed by atoms with Gasteiger partial charge < -0.3 is 5.21 Å². The van der Waals surface area contributed by atoms with E-state index in [1.54, 1.807) is 0 Å². The molecule has 0 heterocycles. The number of nitrogens with zero attached hydrogens (tertiary/aromatic N) is 1. The van der Waals surface area contributed by atoms with E-state index in [0.717, 1.165) is 24.1 Å². The normalized spacial score (nSPS) is 11.4. The second-order valence-electron chi connectivity index (χ2n) is 3.79. The summed E-state index contributed by atoms with van der Waals surface area (Å²) in [5, 5.41) is 12.1. The first-order chi connectivity index (χ1) is 7.22. The quantitative estimate of drug-likeness (QED) is 0.338. The Morgan fingerprint density at radius 3 is 2.53 bits per heavy atom. The Bertz CT molecular complexity index is 341. The van der Waals surface area contributed by atoms with Crippen LogP contribution in [-0.4, -0.2) is 10.9 Å². The van der Waals surface area contributed by atoms with Crippen molar-refractivity contribution >= 4 is 5.71 Å². The Morgan fingerprint density at radius 1 is 1.33 bits per heavy atom. The van der Waals surface area contributed by atoms with Crippen LogP contribution in [0.25, 0.3) is 0 Å². The fraction of sp³-hybridized carbons (Fsp3) is 0.308. The average molecular weight is 203 g/mol. The second kappa shape index (κ2) is 6.02. The van der Waals surface area contributed by atoms with Gasteiger partial charge in [-0.2, -0.15) is 0 Å². The first-order valence-electron chi connectivity index (χ1n) is 5.10. The molecule has 80 valence electrons. The molecule has 0 spiro atoms. The van der Waals surface area contributed by atoms with Gasteiger partial charge in [0.2, 0.25) is 0 Å². The molecular formula is C13H17NO. The zero-order valence-electron chi connectivity index (χ0n) is 9.11. The van der Waals surface area contributed by atoms with Gasteiger partial charge in [0, 0.05) is 6.42 Å². The molecule has 1 N–H and O–H groups in total. The fourth-order valence-electron chi connectivity index (χ4n) is 1.46. The van der Waals surface area contributed by atoms with E-state index in [9.17, 15) is 0 Å². The predicted molar refractivity (Wildman–Crippen MR) is 63.4 cm³/mol. The Balaban J connectivity index is 2.45. The Hall–Kier alpha value is -1.57. The Labute approximate surface area is 90.9 Å². The van der Waals surface area contributed by atoms with Crippen LogP contribution in [0.15, 0.2) is 47.6 Å². The molecule has 1 aromatic carbocycles. The van der Waals surface area contributed by atoms with Crippen LogP contribution in [0.5, 0.6) is 0 Å². The predicted octanol–water partition coefficient (Wildman–Crippen LogP) is 3.42. The molecule has 0 aliphatic heterocycles. The third-order valence-corrected chi connectivity index (χ3v) is 2.19. The average Bonchev–Trinajstić information content (AvgIpc) is 2.25. The van der Waals surface area contributed by atoms with Crippen LogP contribution in [0.3, 0.4) is 0 Å². The van der Waals surface area contributed by atoms with Gasteiger partial charge in [-0.1, -0.05) is 47.6 Å². The molecule has 0 bridgehead atoms. The summed E-state index contributed by atoms with van der Waals surface area (Å²) in [6, 6.07) is 10.2. The lowest BCUT2D eigenvalue weighted by atomic mass is 10.0. The van der Waals surface area contributed by atoms with Gasteiger partial charge in [-0.15, -0.1) is 0 Å². The summed E-state index contributed by atoms with van der Waals surface area (Å²) in [5.74, 6) is 0. The highest BCUT2D eigenvalue weighted by molar-refractivity contribution is 5.86. The monoisotopic (exact) mass is 203 g/mol. The number of benzene rings is 1. The van der Waals surface area contributed by atoms with Gasteiger partial charge in [0.05, 0.1) is 5.71 Å². The molecule has 0 aromatic heterocycles. The Morgan fingerprint density at radius 2 is 2.00 bits per heavy atom. The molecule has 0 unspecified atom stereocenters. The lowest BCUT2D eigenvalue weighted by molar-refractivity contribution is 0.316. The van der Waals surface area contributed by atoms with E-state index in [-0.39, 0.29) is 0 Å². The minimum Gasteiger partial charge on any atom is -0.411 e. The van der Waals surface area contributed by atoms with Gasteiger partial charge >= 0.3 is 0 Å². The van der Waals surface area contributed by atoms with Crippen molar-refractivity contribution < 1.29 is 5.21 Å². The largest absolute Gasteiger partial charge is 0.411 e. The van der Waals surface area contributed by atoms with E-state index in [1.165, 1.54) is 5.56 Å². The third-order valence-electron chi connectivity index (χ3n) is 2.19. The maximum Gasteiger partial charge on any atom is 0.0614 e. The highest BCUT2D eigenvalue weighted by atomic mass is 16.4. The number of rotatable bonds is 5. The first-order valence-corrected chi connectivity index (χ1v) is 5.10. The summed E-state index contributed by atoms with van der Waals surface area (Å²) in [6.07, 6.45) is 2.38. The van der Waals surface area contributed by atoms with Gasteiger partial charge in [0.15, 0.2) is 0 Å². The molecule has 0 amide bonds. The van der Waals surface area contributed by atoms with Crippen molar-refractivity contribution in [2.45, 2.75) is 26.2 Å². The van der Waals surface area contributed by atoms with Gasteiger partial charge in [-0.25, -0.2) is 0 Å². The molecule has 0 fully saturated rings. The van der Waals surface area contributed by atoms with E-state index in [1.807, 2.05) is 25.1 Å². The summed E-state index contributed by atoms with van der Waals surface area (Å²) in [4.78, 5) is 0. The molecule has 1 aromatic rings. The molecule has 0 atom stereocenters. The summed E-state index contributed by atoms with van der Waals surface area (Å²) in [5.41, 5.74) is 3.09. The summed E-state index contributed by atoms with van der Waals surface area (Å²) in [6.45, 7) is 5.74. The van der Waals surface area contributed by atoms with Gasteiger partial charge in [0.25, 0.3) is 0 Å². The molecule has 0 aliphatic carbocycles. The number of hydrogen-bond acceptors (Lipinski definition) is 2. The molecule has 2 heteroatoms. The molecule has 15 heavy (non-hydrogen) atoms. The van der Waals surface area contributed by atoms with E-state index in [4.69, 9.17) is 5.21 Å². The smallest absolute Gasteiger partial charge is 0.0614 e. The second-order valence-corrected chi connectivity index (χ2v) is 3.79. The van der Waals surface area contributed by atoms with Crippen molar-refractivity contribution in [2.24, 2.45) is 5.16 Å². The van der Waals surface area contributed by atoms with Crippen molar-refractivity contribution in [3.63, 3.8) is 0 Å². The van der Waals surface area contributed by atoms with E-state index in [0.29, 0.717) is 6.42 Å². The zero-order chi connectivity index (χ0) is 11.1. The number of hydrogen-bond donors (Lipinski definition) is 1. The number of allylic oxidation sites excluding steroid dienone is 1. The van der Waals surface area contributed by atoms with Crippen molar-refractivity contribution in [3.8, 4) is 0 Å². The van der Waals surface area contributed by atoms with Crippen molar-refractivity contribution in [1.82, 2.24) is 0 Å². The van der Waals surface area contributed by atoms with Gasteiger partial charge in [0.1, 0.15) is 0 Å². The zero-order valence-corrected chi connectivity index (χ0v) is 9.11. The highest BCUT2D eigenvalue weighted by Gasteiger charge is 2.01. The fourth-order valence-corrected chi connectivity index (χ4v) is 1.46. The van der Waals surface area contributed by atoms with Crippen LogP contribution in [0.1, 0.15) is 25.3 Å². The summed E-state index contributed by atoms with van der Waals surface area (Å²) >= 11 is 0. The maximum atomic E-state index is 8.80. The standard InChI is InChI=1S/C13H17NO/c1-11(2)10-13(14-15)9-8-12-6-4-3-5-7-12/h3-7,15H,1,8-10H2,2H3/b14-13-. The van der Waals surface area contributed by atoms with Crippen LogP contribution in [-0.2, 0) is 6.42 Å². The van der Waals surface area contributed by atoms with E-state index >= 15 is 0 Å². The highest BCUT2D eigenvalue weighted by Crippen LogP contribution is 2.07. The van der Waals surface area contributed by atoms with Crippen LogP contribution in [0.4, 0.5) is 0 Å². The minimum atomic E-state index is 0.684. The van der Waals surface area contributed by atoms with Crippen LogP contribution in [0.2, 0.25) is 0 Å². The molecule has 2 nitrogen and oxygen atoms in total. The van der Waals surface area contributed by atoms with Crippen LogP contribution < -0.4 is 0 Å². The van der Waals surface area contributed by atoms with Gasteiger partial charge in [-0.3, -0.25) is 0 Å². The van der Waals surface area contributed by atoms with Crippen molar-refractivity contribution in [2.75, 3.05) is 0 Å².